The van der Waals surface area contributed by atoms with Gasteiger partial charge in [0.15, 0.2) is 0 Å². The lowest BCUT2D eigenvalue weighted by Crippen LogP contribution is -2.12. The molecule has 0 fully saturated rings. The zero-order chi connectivity index (χ0) is 26.1. The Morgan fingerprint density at radius 3 is 2.11 bits per heavy atom. The van der Waals surface area contributed by atoms with E-state index < -0.39 is 6.17 Å². The number of methoxy groups -OCH3 is 1. The lowest BCUT2D eigenvalue weighted by molar-refractivity contribution is 0.180. The Morgan fingerprint density at radius 1 is 0.730 bits per heavy atom. The quantitative estimate of drug-likeness (QED) is 0.161. The molecule has 3 aromatic rings. The van der Waals surface area contributed by atoms with Gasteiger partial charge in [-0.2, -0.15) is 0 Å². The molecule has 1 atom stereocenters. The summed E-state index contributed by atoms with van der Waals surface area (Å²) < 4.78 is 24.9. The summed E-state index contributed by atoms with van der Waals surface area (Å²) in [4.78, 5) is 4.70. The highest BCUT2D eigenvalue weighted by Gasteiger charge is 2.08. The van der Waals surface area contributed by atoms with Crippen LogP contribution in [0.5, 0.6) is 5.75 Å². The lowest BCUT2D eigenvalue weighted by Gasteiger charge is -2.11. The first-order valence-electron chi connectivity index (χ1n) is 14.1. The van der Waals surface area contributed by atoms with Crippen LogP contribution in [0.2, 0.25) is 0 Å². The van der Waals surface area contributed by atoms with Gasteiger partial charge in [0.1, 0.15) is 18.5 Å². The van der Waals surface area contributed by atoms with Crippen molar-refractivity contribution in [2.45, 2.75) is 83.7 Å². The zero-order valence-electron chi connectivity index (χ0n) is 22.8. The van der Waals surface area contributed by atoms with Crippen LogP contribution in [0.3, 0.4) is 0 Å². The standard InChI is InChI=1S/C33H44FNO2/c1-3-4-5-6-9-12-27-14-16-29(17-15-27)33-23-20-30(25-35-33)28-18-21-32(22-19-28)37-26-31(34)13-10-7-8-11-24-36-2/h14-23,25,31H,3-13,24,26H2,1-2H3. The number of hydrogen-bond acceptors (Lipinski definition) is 3. The predicted molar refractivity (Wildman–Crippen MR) is 153 cm³/mol. The number of halogens is 1. The third kappa shape index (κ3) is 10.7. The van der Waals surface area contributed by atoms with Gasteiger partial charge in [-0.15, -0.1) is 0 Å². The Balaban J connectivity index is 1.43. The average molecular weight is 506 g/mol. The highest BCUT2D eigenvalue weighted by atomic mass is 19.1. The number of nitrogens with zero attached hydrogens (tertiary/aromatic N) is 1. The molecule has 0 saturated carbocycles. The first-order valence-corrected chi connectivity index (χ1v) is 14.1. The predicted octanol–water partition coefficient (Wildman–Crippen LogP) is 9.24. The number of aromatic nitrogens is 1. The molecule has 0 N–H and O–H groups in total. The van der Waals surface area contributed by atoms with Crippen LogP contribution in [0.25, 0.3) is 22.4 Å². The molecule has 0 aliphatic heterocycles. The molecule has 0 amide bonds. The van der Waals surface area contributed by atoms with Gasteiger partial charge in [-0.05, 0) is 55.0 Å². The molecule has 3 rings (SSSR count). The third-order valence-electron chi connectivity index (χ3n) is 6.82. The van der Waals surface area contributed by atoms with Gasteiger partial charge in [-0.25, -0.2) is 4.39 Å². The maximum atomic E-state index is 14.1. The fraction of sp³-hybridized carbons (Fsp3) is 0.485. The number of aryl methyl sites for hydroxylation is 1. The van der Waals surface area contributed by atoms with Crippen LogP contribution in [0, 0.1) is 0 Å². The van der Waals surface area contributed by atoms with E-state index in [0.717, 1.165) is 61.1 Å². The average Bonchev–Trinajstić information content (AvgIpc) is 2.94. The molecular weight excluding hydrogens is 461 g/mol. The minimum absolute atomic E-state index is 0.102. The van der Waals surface area contributed by atoms with Crippen LogP contribution in [0.4, 0.5) is 4.39 Å². The zero-order valence-corrected chi connectivity index (χ0v) is 22.8. The van der Waals surface area contributed by atoms with Crippen LogP contribution >= 0.6 is 0 Å². The van der Waals surface area contributed by atoms with Crippen molar-refractivity contribution in [3.63, 3.8) is 0 Å². The minimum atomic E-state index is -0.932. The van der Waals surface area contributed by atoms with Gasteiger partial charge in [0.05, 0.1) is 5.69 Å². The second-order valence-corrected chi connectivity index (χ2v) is 9.92. The summed E-state index contributed by atoms with van der Waals surface area (Å²) in [5, 5.41) is 0. The molecule has 1 unspecified atom stereocenters. The summed E-state index contributed by atoms with van der Waals surface area (Å²) in [6, 6.07) is 20.8. The highest BCUT2D eigenvalue weighted by molar-refractivity contribution is 5.67. The van der Waals surface area contributed by atoms with Gasteiger partial charge in [0.2, 0.25) is 0 Å². The van der Waals surface area contributed by atoms with Gasteiger partial charge in [-0.1, -0.05) is 94.3 Å². The summed E-state index contributed by atoms with van der Waals surface area (Å²) in [5.41, 5.74) is 5.64. The number of rotatable bonds is 18. The van der Waals surface area contributed by atoms with Gasteiger partial charge in [0, 0.05) is 31.0 Å². The van der Waals surface area contributed by atoms with Crippen molar-refractivity contribution >= 4 is 0 Å². The summed E-state index contributed by atoms with van der Waals surface area (Å²) in [7, 11) is 1.71. The fourth-order valence-electron chi connectivity index (χ4n) is 4.49. The Bertz CT molecular complexity index is 986. The second-order valence-electron chi connectivity index (χ2n) is 9.92. The van der Waals surface area contributed by atoms with Crippen LogP contribution < -0.4 is 4.74 Å². The van der Waals surface area contributed by atoms with Crippen molar-refractivity contribution in [1.82, 2.24) is 4.98 Å². The summed E-state index contributed by atoms with van der Waals surface area (Å²) in [5.74, 6) is 0.696. The Labute approximate surface area is 223 Å². The molecule has 200 valence electrons. The van der Waals surface area contributed by atoms with Gasteiger partial charge < -0.3 is 9.47 Å². The molecule has 2 aromatic carbocycles. The van der Waals surface area contributed by atoms with Crippen molar-refractivity contribution in [3.8, 4) is 28.1 Å². The summed E-state index contributed by atoms with van der Waals surface area (Å²) in [6.07, 6.45) is 13.3. The Hall–Kier alpha value is -2.72. The topological polar surface area (TPSA) is 31.4 Å². The molecule has 0 aliphatic rings. The van der Waals surface area contributed by atoms with Gasteiger partial charge in [0.25, 0.3) is 0 Å². The molecule has 0 aliphatic carbocycles. The largest absolute Gasteiger partial charge is 0.491 e. The van der Waals surface area contributed by atoms with Crippen molar-refractivity contribution in [1.29, 1.82) is 0 Å². The van der Waals surface area contributed by atoms with E-state index in [2.05, 4.69) is 43.3 Å². The molecule has 0 radical (unpaired) electrons. The van der Waals surface area contributed by atoms with E-state index in [1.807, 2.05) is 30.5 Å². The summed E-state index contributed by atoms with van der Waals surface area (Å²) in [6.45, 7) is 3.14. The van der Waals surface area contributed by atoms with E-state index in [-0.39, 0.29) is 6.61 Å². The minimum Gasteiger partial charge on any atom is -0.491 e. The normalized spacial score (nSPS) is 12.0. The lowest BCUT2D eigenvalue weighted by atomic mass is 10.0. The molecule has 1 aromatic heterocycles. The first-order chi connectivity index (χ1) is 18.2. The first kappa shape index (κ1) is 28.8. The third-order valence-corrected chi connectivity index (χ3v) is 6.82. The molecular formula is C33H44FNO2. The van der Waals surface area contributed by atoms with E-state index in [1.54, 1.807) is 7.11 Å². The number of unbranched alkanes of at least 4 members (excludes halogenated alkanes) is 7. The monoisotopic (exact) mass is 505 g/mol. The van der Waals surface area contributed by atoms with E-state index >= 15 is 0 Å². The number of pyridine rings is 1. The van der Waals surface area contributed by atoms with Crippen molar-refractivity contribution < 1.29 is 13.9 Å². The van der Waals surface area contributed by atoms with Crippen molar-refractivity contribution in [2.24, 2.45) is 0 Å². The molecule has 3 nitrogen and oxygen atoms in total. The SMILES string of the molecule is CCCCCCCc1ccc(-c2ccc(-c3ccc(OCC(F)CCCCCCOC)cc3)cn2)cc1. The Morgan fingerprint density at radius 2 is 1.41 bits per heavy atom. The van der Waals surface area contributed by atoms with Gasteiger partial charge in [-0.3, -0.25) is 4.98 Å². The highest BCUT2D eigenvalue weighted by Crippen LogP contribution is 2.25. The molecule has 37 heavy (non-hydrogen) atoms. The van der Waals surface area contributed by atoms with Crippen LogP contribution in [-0.2, 0) is 11.2 Å². The number of alkyl halides is 1. The molecule has 0 bridgehead atoms. The van der Waals surface area contributed by atoms with Gasteiger partial charge >= 0.3 is 0 Å². The maximum Gasteiger partial charge on any atom is 0.134 e. The van der Waals surface area contributed by atoms with Crippen LogP contribution in [-0.4, -0.2) is 31.5 Å². The summed E-state index contributed by atoms with van der Waals surface area (Å²) >= 11 is 0. The molecule has 1 heterocycles. The van der Waals surface area contributed by atoms with E-state index in [1.165, 1.54) is 37.7 Å². The number of hydrogen-bond donors (Lipinski definition) is 0. The smallest absolute Gasteiger partial charge is 0.134 e. The van der Waals surface area contributed by atoms with Crippen molar-refractivity contribution in [3.05, 3.63) is 72.4 Å². The molecule has 4 heteroatoms. The van der Waals surface area contributed by atoms with Crippen LogP contribution in [0.15, 0.2) is 66.9 Å². The van der Waals surface area contributed by atoms with Crippen molar-refractivity contribution in [2.75, 3.05) is 20.3 Å². The van der Waals surface area contributed by atoms with E-state index in [4.69, 9.17) is 14.5 Å². The second kappa shape index (κ2) is 16.9. The number of ether oxygens (including phenoxy) is 2. The Kier molecular flexibility index (Phi) is 13.2. The van der Waals surface area contributed by atoms with E-state index in [0.29, 0.717) is 12.2 Å². The van der Waals surface area contributed by atoms with Crippen LogP contribution in [0.1, 0.15) is 76.7 Å². The molecule has 0 spiro atoms. The van der Waals surface area contributed by atoms with E-state index in [9.17, 15) is 4.39 Å². The number of benzene rings is 2. The fourth-order valence-corrected chi connectivity index (χ4v) is 4.49. The molecule has 0 saturated heterocycles. The maximum absolute atomic E-state index is 14.1.